The van der Waals surface area contributed by atoms with Gasteiger partial charge >= 0.3 is 5.97 Å². The van der Waals surface area contributed by atoms with Gasteiger partial charge < -0.3 is 53.7 Å². The minimum absolute atomic E-state index is 0.182. The Hall–Kier alpha value is -1.71. The molecule has 44 heavy (non-hydrogen) atoms. The quantitative estimate of drug-likeness (QED) is 0.276. The first-order valence-electron chi connectivity index (χ1n) is 15.4. The number of benzene rings is 1. The largest absolute Gasteiger partial charge is 0.455 e. The van der Waals surface area contributed by atoms with Gasteiger partial charge in [-0.15, -0.1) is 0 Å². The lowest BCUT2D eigenvalue weighted by Gasteiger charge is -2.72. The Bertz CT molecular complexity index is 1300. The number of methoxy groups -OCH3 is 5. The van der Waals surface area contributed by atoms with Gasteiger partial charge in [0.25, 0.3) is 0 Å². The molecule has 4 N–H and O–H groups in total. The van der Waals surface area contributed by atoms with Gasteiger partial charge in [0, 0.05) is 83.6 Å². The molecule has 1 saturated heterocycles. The summed E-state index contributed by atoms with van der Waals surface area (Å²) in [5.41, 5.74) is -7.21. The summed E-state index contributed by atoms with van der Waals surface area (Å²) in [6.45, 7) is 0.619. The Morgan fingerprint density at radius 2 is 1.68 bits per heavy atom. The van der Waals surface area contributed by atoms with Gasteiger partial charge in [0.05, 0.1) is 42.0 Å². The summed E-state index contributed by atoms with van der Waals surface area (Å²) in [6, 6.07) is 7.97. The van der Waals surface area contributed by atoms with Crippen LogP contribution in [0.15, 0.2) is 30.3 Å². The van der Waals surface area contributed by atoms with E-state index in [1.165, 1.54) is 14.2 Å². The SMILES string of the molecule is COC[C@]12CN(C)[C@@H]3[C@@H]4[C@H](OC)[C@H]1[C@@]3([C@@H](OC)C[C@H]2O)[C@]1(O)C[C@@]2(O)[C@H](OC(=O)c3ccccc3)[C@@H]1[C@]4(OC)[C@@H](O)[C@@H]2OC. The molecule has 12 nitrogen and oxygen atoms in total. The van der Waals surface area contributed by atoms with E-state index in [0.29, 0.717) is 6.54 Å². The Kier molecular flexibility index (Phi) is 6.96. The van der Waals surface area contributed by atoms with Crippen molar-refractivity contribution in [3.05, 3.63) is 35.9 Å². The minimum Gasteiger partial charge on any atom is -0.455 e. The molecule has 7 bridgehead atoms. The molecule has 1 aromatic carbocycles. The highest BCUT2D eigenvalue weighted by molar-refractivity contribution is 5.89. The maximum Gasteiger partial charge on any atom is 0.338 e. The number of esters is 1. The fourth-order valence-corrected chi connectivity index (χ4v) is 12.2. The number of carbonyl (C=O) groups excluding carboxylic acids is 1. The average Bonchev–Trinajstić information content (AvgIpc) is 3.37. The fourth-order valence-electron chi connectivity index (χ4n) is 12.2. The molecule has 1 heterocycles. The van der Waals surface area contributed by atoms with E-state index in [1.54, 1.807) is 51.7 Å². The Morgan fingerprint density at radius 1 is 0.977 bits per heavy atom. The molecular weight excluding hydrogens is 574 g/mol. The van der Waals surface area contributed by atoms with Crippen molar-refractivity contribution in [3.63, 3.8) is 0 Å². The van der Waals surface area contributed by atoms with Crippen molar-refractivity contribution in [1.82, 2.24) is 4.90 Å². The smallest absolute Gasteiger partial charge is 0.338 e. The molecule has 0 amide bonds. The molecule has 12 heteroatoms. The first-order valence-corrected chi connectivity index (χ1v) is 15.4. The molecule has 5 aliphatic carbocycles. The normalized spacial score (nSPS) is 53.5. The summed E-state index contributed by atoms with van der Waals surface area (Å²) in [5.74, 6) is -2.94. The lowest BCUT2D eigenvalue weighted by Crippen LogP contribution is -2.85. The monoisotopic (exact) mass is 619 g/mol. The molecule has 0 unspecified atom stereocenters. The molecule has 1 aromatic rings. The van der Waals surface area contributed by atoms with Crippen LogP contribution in [0.5, 0.6) is 0 Å². The van der Waals surface area contributed by atoms with E-state index in [9.17, 15) is 25.2 Å². The highest BCUT2D eigenvalue weighted by Gasteiger charge is 2.95. The molecule has 6 aliphatic rings. The molecule has 0 aromatic heterocycles. The second-order valence-electron chi connectivity index (χ2n) is 14.1. The van der Waals surface area contributed by atoms with Gasteiger partial charge in [-0.2, -0.15) is 0 Å². The summed E-state index contributed by atoms with van der Waals surface area (Å²) in [7, 11) is 9.54. The predicted molar refractivity (Wildman–Crippen MR) is 153 cm³/mol. The molecular formula is C32H45NO11. The van der Waals surface area contributed by atoms with E-state index in [0.717, 1.165) is 0 Å². The summed E-state index contributed by atoms with van der Waals surface area (Å²) in [6.07, 6.45) is -6.32. The number of rotatable bonds is 8. The Labute approximate surface area is 257 Å². The van der Waals surface area contributed by atoms with Crippen LogP contribution in [0, 0.1) is 28.6 Å². The number of aliphatic hydroxyl groups excluding tert-OH is 2. The number of aliphatic hydroxyl groups is 4. The third-order valence-corrected chi connectivity index (χ3v) is 13.0. The van der Waals surface area contributed by atoms with Crippen LogP contribution in [0.4, 0.5) is 0 Å². The van der Waals surface area contributed by atoms with E-state index in [2.05, 4.69) is 4.90 Å². The van der Waals surface area contributed by atoms with E-state index in [1.807, 2.05) is 7.05 Å². The van der Waals surface area contributed by atoms with Gasteiger partial charge in [-0.3, -0.25) is 0 Å². The van der Waals surface area contributed by atoms with Crippen LogP contribution >= 0.6 is 0 Å². The number of nitrogens with zero attached hydrogens (tertiary/aromatic N) is 1. The maximum atomic E-state index is 13.7. The summed E-state index contributed by atoms with van der Waals surface area (Å²) < 4.78 is 37.0. The molecule has 5 saturated carbocycles. The van der Waals surface area contributed by atoms with Gasteiger partial charge in [-0.1, -0.05) is 18.2 Å². The van der Waals surface area contributed by atoms with Crippen molar-refractivity contribution < 1.29 is 53.6 Å². The molecule has 7 rings (SSSR count). The zero-order chi connectivity index (χ0) is 31.6. The van der Waals surface area contributed by atoms with Crippen molar-refractivity contribution in [2.24, 2.45) is 28.6 Å². The van der Waals surface area contributed by atoms with Crippen LogP contribution in [0.25, 0.3) is 0 Å². The van der Waals surface area contributed by atoms with Crippen LogP contribution in [0.1, 0.15) is 23.2 Å². The van der Waals surface area contributed by atoms with Crippen molar-refractivity contribution in [2.75, 3.05) is 55.7 Å². The zero-order valence-electron chi connectivity index (χ0n) is 26.1. The second-order valence-corrected chi connectivity index (χ2v) is 14.1. The van der Waals surface area contributed by atoms with Crippen molar-refractivity contribution in [3.8, 4) is 0 Å². The van der Waals surface area contributed by atoms with E-state index >= 15 is 0 Å². The molecule has 1 spiro atoms. The number of likely N-dealkylation sites (tertiary alicyclic amines) is 1. The minimum atomic E-state index is -1.99. The lowest BCUT2D eigenvalue weighted by molar-refractivity contribution is -0.356. The zero-order valence-corrected chi connectivity index (χ0v) is 26.1. The second kappa shape index (κ2) is 9.90. The fraction of sp³-hybridized carbons (Fsp3) is 0.781. The molecule has 0 radical (unpaired) electrons. The van der Waals surface area contributed by atoms with E-state index in [4.69, 9.17) is 28.4 Å². The maximum absolute atomic E-state index is 13.7. The van der Waals surface area contributed by atoms with Crippen LogP contribution < -0.4 is 0 Å². The third kappa shape index (κ3) is 3.12. The van der Waals surface area contributed by atoms with Crippen LogP contribution in [0.3, 0.4) is 0 Å². The molecule has 1 aliphatic heterocycles. The Balaban J connectivity index is 1.53. The topological polar surface area (TPSA) is 157 Å². The van der Waals surface area contributed by atoms with E-state index in [-0.39, 0.29) is 25.0 Å². The highest BCUT2D eigenvalue weighted by atomic mass is 16.6. The Morgan fingerprint density at radius 3 is 2.27 bits per heavy atom. The first-order chi connectivity index (χ1) is 21.0. The number of hydrogen-bond acceptors (Lipinski definition) is 12. The van der Waals surface area contributed by atoms with Gasteiger partial charge in [-0.05, 0) is 19.2 Å². The number of carbonyl (C=O) groups is 1. The average molecular weight is 620 g/mol. The van der Waals surface area contributed by atoms with Gasteiger partial charge in [-0.25, -0.2) is 4.79 Å². The molecule has 6 fully saturated rings. The summed E-state index contributed by atoms with van der Waals surface area (Å²) in [4.78, 5) is 15.8. The highest BCUT2D eigenvalue weighted by Crippen LogP contribution is 2.81. The van der Waals surface area contributed by atoms with Crippen molar-refractivity contribution in [2.45, 2.75) is 72.3 Å². The van der Waals surface area contributed by atoms with Gasteiger partial charge in [0.15, 0.2) is 0 Å². The predicted octanol–water partition coefficient (Wildman–Crippen LogP) is -0.544. The number of fused-ring (bicyclic) bond motifs is 2. The van der Waals surface area contributed by atoms with Crippen molar-refractivity contribution >= 4 is 5.97 Å². The van der Waals surface area contributed by atoms with Crippen LogP contribution in [0.2, 0.25) is 0 Å². The lowest BCUT2D eigenvalue weighted by atomic mass is 9.40. The van der Waals surface area contributed by atoms with Crippen molar-refractivity contribution in [1.29, 1.82) is 0 Å². The standard InChI is InChI=1S/C32H45NO11/c1-33-14-28(15-39-2)17(34)12-18(40-3)31-21(28)20(41-4)19(23(31)33)32(43-6)22-25(44-27(36)16-10-8-7-9-11-16)29(37,13-30(22,31)38)26(42-5)24(32)35/h7-11,17-26,34-35,37-38H,12-15H2,1-6H3/t17-,18+,19+,20+,21-,22+,23-,24+,25-,26+,28+,29-,30+,31-,32+/m1/s1. The van der Waals surface area contributed by atoms with Gasteiger partial charge in [0.1, 0.15) is 29.5 Å². The summed E-state index contributed by atoms with van der Waals surface area (Å²) in [5, 5.41) is 50.5. The van der Waals surface area contributed by atoms with Gasteiger partial charge in [0.2, 0.25) is 0 Å². The third-order valence-electron chi connectivity index (χ3n) is 13.0. The van der Waals surface area contributed by atoms with E-state index < -0.39 is 94.0 Å². The summed E-state index contributed by atoms with van der Waals surface area (Å²) >= 11 is 0. The molecule has 244 valence electrons. The van der Waals surface area contributed by atoms with Crippen LogP contribution in [-0.4, -0.2) is 147 Å². The first kappa shape index (κ1) is 30.9. The van der Waals surface area contributed by atoms with Crippen LogP contribution in [-0.2, 0) is 28.4 Å². The number of hydrogen-bond donors (Lipinski definition) is 4. The molecule has 15 atom stereocenters. The number of ether oxygens (including phenoxy) is 6. The number of piperidine rings is 1.